The predicted octanol–water partition coefficient (Wildman–Crippen LogP) is 6.08. The highest BCUT2D eigenvalue weighted by molar-refractivity contribution is 6.04. The normalized spacial score (nSPS) is 13.1. The quantitative estimate of drug-likeness (QED) is 0.195. The number of aryl methyl sites for hydroxylation is 2. The van der Waals surface area contributed by atoms with Gasteiger partial charge in [-0.1, -0.05) is 12.1 Å². The van der Waals surface area contributed by atoms with Gasteiger partial charge in [0.1, 0.15) is 0 Å². The standard InChI is InChI=1S/C30H27F3N8O/c1-17-12-22(36-28(42)19-4-3-5-21(13-19)30(31,32)33)8-9-25(17)38-26-24-16-35-29(39-27(24)41(2)40-26)37-23-7-6-18-10-11-34-15-20(18)14-23/h3-9,12-14,16,34H,10-11,15H2,1-2H3,(H,36,42)(H,38,40)(H,35,37,39). The number of rotatable bonds is 6. The molecule has 0 saturated heterocycles. The van der Waals surface area contributed by atoms with E-state index in [1.807, 2.05) is 13.0 Å². The van der Waals surface area contributed by atoms with Gasteiger partial charge in [0.15, 0.2) is 11.5 Å². The molecule has 0 spiro atoms. The van der Waals surface area contributed by atoms with Crippen LogP contribution in [0.15, 0.2) is 66.9 Å². The number of alkyl halides is 3. The zero-order chi connectivity index (χ0) is 29.4. The first kappa shape index (κ1) is 27.2. The first-order valence-corrected chi connectivity index (χ1v) is 13.3. The topological polar surface area (TPSA) is 109 Å². The number of halogens is 3. The molecular weight excluding hydrogens is 545 g/mol. The molecule has 214 valence electrons. The Balaban J connectivity index is 1.17. The van der Waals surface area contributed by atoms with E-state index in [9.17, 15) is 18.0 Å². The Bertz CT molecular complexity index is 1810. The molecule has 1 aliphatic heterocycles. The molecule has 9 nitrogen and oxygen atoms in total. The summed E-state index contributed by atoms with van der Waals surface area (Å²) >= 11 is 0. The van der Waals surface area contributed by atoms with Gasteiger partial charge in [0.2, 0.25) is 5.95 Å². The Morgan fingerprint density at radius 3 is 2.64 bits per heavy atom. The molecule has 4 N–H and O–H groups in total. The van der Waals surface area contributed by atoms with E-state index in [1.165, 1.54) is 23.3 Å². The number of aromatic nitrogens is 4. The van der Waals surface area contributed by atoms with Gasteiger partial charge in [-0.25, -0.2) is 9.67 Å². The van der Waals surface area contributed by atoms with E-state index in [1.54, 1.807) is 36.1 Å². The van der Waals surface area contributed by atoms with Gasteiger partial charge in [0.05, 0.1) is 10.9 Å². The van der Waals surface area contributed by atoms with Gasteiger partial charge < -0.3 is 21.3 Å². The van der Waals surface area contributed by atoms with E-state index < -0.39 is 17.6 Å². The Morgan fingerprint density at radius 1 is 1.00 bits per heavy atom. The van der Waals surface area contributed by atoms with Gasteiger partial charge in [-0.3, -0.25) is 4.79 Å². The number of amides is 1. The third kappa shape index (κ3) is 5.61. The van der Waals surface area contributed by atoms with Crippen molar-refractivity contribution in [2.45, 2.75) is 26.1 Å². The lowest BCUT2D eigenvalue weighted by molar-refractivity contribution is -0.137. The molecule has 0 radical (unpaired) electrons. The molecule has 3 aromatic carbocycles. The van der Waals surface area contributed by atoms with Crippen molar-refractivity contribution in [1.82, 2.24) is 25.1 Å². The van der Waals surface area contributed by atoms with Crippen molar-refractivity contribution in [3.05, 3.63) is 94.7 Å². The summed E-state index contributed by atoms with van der Waals surface area (Å²) in [6.45, 7) is 3.67. The molecule has 5 aromatic rings. The molecule has 0 fully saturated rings. The van der Waals surface area contributed by atoms with Crippen LogP contribution < -0.4 is 21.3 Å². The van der Waals surface area contributed by atoms with Crippen molar-refractivity contribution < 1.29 is 18.0 Å². The van der Waals surface area contributed by atoms with Gasteiger partial charge in [0, 0.05) is 42.4 Å². The van der Waals surface area contributed by atoms with Crippen LogP contribution in [-0.2, 0) is 26.2 Å². The maximum atomic E-state index is 13.0. The molecule has 1 aliphatic rings. The Hall–Kier alpha value is -4.97. The lowest BCUT2D eigenvalue weighted by atomic mass is 10.0. The van der Waals surface area contributed by atoms with Crippen LogP contribution in [0.25, 0.3) is 11.0 Å². The van der Waals surface area contributed by atoms with E-state index in [-0.39, 0.29) is 5.56 Å². The molecule has 0 saturated carbocycles. The summed E-state index contributed by atoms with van der Waals surface area (Å²) in [5.41, 5.74) is 5.16. The van der Waals surface area contributed by atoms with Crippen LogP contribution in [0.2, 0.25) is 0 Å². The average Bonchev–Trinajstić information content (AvgIpc) is 3.28. The molecule has 6 rings (SSSR count). The Kier molecular flexibility index (Phi) is 6.99. The van der Waals surface area contributed by atoms with Crippen molar-refractivity contribution in [1.29, 1.82) is 0 Å². The number of fused-ring (bicyclic) bond motifs is 2. The van der Waals surface area contributed by atoms with Crippen molar-refractivity contribution in [2.24, 2.45) is 7.05 Å². The van der Waals surface area contributed by atoms with Gasteiger partial charge in [-0.15, -0.1) is 0 Å². The van der Waals surface area contributed by atoms with Crippen molar-refractivity contribution in [2.75, 3.05) is 22.5 Å². The minimum absolute atomic E-state index is 0.0814. The number of carbonyl (C=O) groups is 1. The van der Waals surface area contributed by atoms with Crippen molar-refractivity contribution >= 4 is 45.8 Å². The predicted molar refractivity (Wildman–Crippen MR) is 155 cm³/mol. The van der Waals surface area contributed by atoms with E-state index in [4.69, 9.17) is 0 Å². The van der Waals surface area contributed by atoms with Gasteiger partial charge in [-0.05, 0) is 85.1 Å². The Labute approximate surface area is 239 Å². The van der Waals surface area contributed by atoms with Crippen LogP contribution in [0.1, 0.15) is 32.6 Å². The molecule has 0 bridgehead atoms. The maximum absolute atomic E-state index is 13.0. The zero-order valence-corrected chi connectivity index (χ0v) is 22.8. The summed E-state index contributed by atoms with van der Waals surface area (Å²) in [5, 5.41) is 17.9. The molecule has 1 amide bonds. The lowest BCUT2D eigenvalue weighted by Crippen LogP contribution is -2.23. The van der Waals surface area contributed by atoms with Gasteiger partial charge in [-0.2, -0.15) is 23.3 Å². The third-order valence-corrected chi connectivity index (χ3v) is 7.12. The summed E-state index contributed by atoms with van der Waals surface area (Å²) in [5.74, 6) is 0.381. The second-order valence-corrected chi connectivity index (χ2v) is 10.1. The first-order chi connectivity index (χ1) is 20.1. The zero-order valence-electron chi connectivity index (χ0n) is 22.8. The van der Waals surface area contributed by atoms with Gasteiger partial charge >= 0.3 is 6.18 Å². The minimum Gasteiger partial charge on any atom is -0.338 e. The third-order valence-electron chi connectivity index (χ3n) is 7.12. The highest BCUT2D eigenvalue weighted by atomic mass is 19.4. The summed E-state index contributed by atoms with van der Waals surface area (Å²) in [7, 11) is 1.80. The molecule has 2 aromatic heterocycles. The minimum atomic E-state index is -4.53. The number of nitrogens with zero attached hydrogens (tertiary/aromatic N) is 4. The first-order valence-electron chi connectivity index (χ1n) is 13.3. The van der Waals surface area contributed by atoms with Crippen LogP contribution in [0.4, 0.5) is 42.0 Å². The summed E-state index contributed by atoms with van der Waals surface area (Å²) in [4.78, 5) is 21.8. The van der Waals surface area contributed by atoms with Crippen LogP contribution in [0, 0.1) is 6.92 Å². The van der Waals surface area contributed by atoms with Crippen LogP contribution in [-0.4, -0.2) is 32.2 Å². The number of hydrogen-bond acceptors (Lipinski definition) is 7. The highest BCUT2D eigenvalue weighted by Gasteiger charge is 2.31. The fourth-order valence-corrected chi connectivity index (χ4v) is 4.93. The monoisotopic (exact) mass is 572 g/mol. The fraction of sp³-hybridized carbons (Fsp3) is 0.200. The largest absolute Gasteiger partial charge is 0.416 e. The second kappa shape index (κ2) is 10.8. The van der Waals surface area contributed by atoms with Gasteiger partial charge in [0.25, 0.3) is 5.91 Å². The molecule has 42 heavy (non-hydrogen) atoms. The summed E-state index contributed by atoms with van der Waals surface area (Å²) in [6, 6.07) is 15.7. The molecule has 12 heteroatoms. The number of hydrogen-bond donors (Lipinski definition) is 4. The van der Waals surface area contributed by atoms with Crippen LogP contribution in [0.5, 0.6) is 0 Å². The maximum Gasteiger partial charge on any atom is 0.416 e. The SMILES string of the molecule is Cc1cc(NC(=O)c2cccc(C(F)(F)F)c2)ccc1Nc1nn(C)c2nc(Nc3ccc4c(c3)CNCC4)ncc12. The van der Waals surface area contributed by atoms with Crippen LogP contribution >= 0.6 is 0 Å². The number of benzene rings is 3. The lowest BCUT2D eigenvalue weighted by Gasteiger charge is -2.18. The molecule has 0 atom stereocenters. The van der Waals surface area contributed by atoms with E-state index >= 15 is 0 Å². The smallest absolute Gasteiger partial charge is 0.338 e. The van der Waals surface area contributed by atoms with Crippen LogP contribution in [0.3, 0.4) is 0 Å². The summed E-state index contributed by atoms with van der Waals surface area (Å²) < 4.78 is 40.8. The van der Waals surface area contributed by atoms with Crippen molar-refractivity contribution in [3.8, 4) is 0 Å². The molecule has 0 aliphatic carbocycles. The van der Waals surface area contributed by atoms with E-state index in [0.29, 0.717) is 23.1 Å². The van der Waals surface area contributed by atoms with E-state index in [2.05, 4.69) is 48.5 Å². The molecule has 0 unspecified atom stereocenters. The fourth-order valence-electron chi connectivity index (χ4n) is 4.93. The molecular formula is C30H27F3N8O. The number of anilines is 5. The Morgan fingerprint density at radius 2 is 1.83 bits per heavy atom. The average molecular weight is 573 g/mol. The van der Waals surface area contributed by atoms with E-state index in [0.717, 1.165) is 54.0 Å². The number of nitrogens with one attached hydrogen (secondary N) is 4. The van der Waals surface area contributed by atoms with Crippen molar-refractivity contribution in [3.63, 3.8) is 0 Å². The number of carbonyl (C=O) groups excluding carboxylic acids is 1. The highest BCUT2D eigenvalue weighted by Crippen LogP contribution is 2.31. The second-order valence-electron chi connectivity index (χ2n) is 10.1. The molecule has 3 heterocycles. The summed E-state index contributed by atoms with van der Waals surface area (Å²) in [6.07, 6.45) is -1.81.